The minimum Gasteiger partial charge on any atom is -0.497 e. The molecule has 1 aliphatic rings. The van der Waals surface area contributed by atoms with Crippen LogP contribution in [0.1, 0.15) is 35.7 Å². The van der Waals surface area contributed by atoms with E-state index in [1.807, 2.05) is 24.3 Å². The standard InChI is InChI=1S/C21H21F3N4O2/c1-30-17-7-4-14(5-8-17)11-19(29)27-10-2-3-15(12-27)20-26-25-18-9-6-16(13-28(18)20)21(22,23)24/h4-9,13,15H,2-3,10-12H2,1H3. The SMILES string of the molecule is COc1ccc(CC(=O)N2CCCC(c3nnc4ccc(C(F)(F)F)cn34)C2)cc1. The molecule has 0 radical (unpaired) electrons. The van der Waals surface area contributed by atoms with Gasteiger partial charge in [0.2, 0.25) is 5.91 Å². The lowest BCUT2D eigenvalue weighted by Crippen LogP contribution is -2.40. The van der Waals surface area contributed by atoms with E-state index in [4.69, 9.17) is 4.74 Å². The van der Waals surface area contributed by atoms with Crippen molar-refractivity contribution in [2.45, 2.75) is 31.4 Å². The van der Waals surface area contributed by atoms with E-state index in [0.29, 0.717) is 24.6 Å². The van der Waals surface area contributed by atoms with Gasteiger partial charge in [-0.25, -0.2) is 0 Å². The molecule has 1 saturated heterocycles. The highest BCUT2D eigenvalue weighted by Crippen LogP contribution is 2.31. The molecule has 0 N–H and O–H groups in total. The lowest BCUT2D eigenvalue weighted by molar-refractivity contribution is -0.137. The lowest BCUT2D eigenvalue weighted by atomic mass is 9.96. The molecule has 0 saturated carbocycles. The summed E-state index contributed by atoms with van der Waals surface area (Å²) in [6, 6.07) is 9.63. The monoisotopic (exact) mass is 418 g/mol. The van der Waals surface area contributed by atoms with Gasteiger partial charge in [0, 0.05) is 25.2 Å². The molecule has 3 heterocycles. The first kappa shape index (κ1) is 20.2. The number of rotatable bonds is 4. The summed E-state index contributed by atoms with van der Waals surface area (Å²) in [5.74, 6) is 0.992. The third kappa shape index (κ3) is 4.10. The molecule has 158 valence electrons. The van der Waals surface area contributed by atoms with Crippen LogP contribution >= 0.6 is 0 Å². The topological polar surface area (TPSA) is 59.7 Å². The Hall–Kier alpha value is -3.10. The summed E-state index contributed by atoms with van der Waals surface area (Å²) in [4.78, 5) is 14.5. The van der Waals surface area contributed by atoms with Crippen molar-refractivity contribution in [2.75, 3.05) is 20.2 Å². The summed E-state index contributed by atoms with van der Waals surface area (Å²) in [5, 5.41) is 8.13. The third-order valence-corrected chi connectivity index (χ3v) is 5.41. The highest BCUT2D eigenvalue weighted by molar-refractivity contribution is 5.79. The number of ether oxygens (including phenoxy) is 1. The number of aromatic nitrogens is 3. The Morgan fingerprint density at radius 1 is 1.17 bits per heavy atom. The van der Waals surface area contributed by atoms with Crippen LogP contribution in [0, 0.1) is 0 Å². The first-order valence-corrected chi connectivity index (χ1v) is 9.68. The van der Waals surface area contributed by atoms with Gasteiger partial charge >= 0.3 is 6.18 Å². The molecule has 1 aliphatic heterocycles. The van der Waals surface area contributed by atoms with Crippen LogP contribution in [0.3, 0.4) is 0 Å². The van der Waals surface area contributed by atoms with E-state index in [1.165, 1.54) is 10.5 Å². The Bertz CT molecular complexity index is 1050. The second-order valence-electron chi connectivity index (χ2n) is 7.41. The highest BCUT2D eigenvalue weighted by atomic mass is 19.4. The number of halogens is 3. The van der Waals surface area contributed by atoms with E-state index >= 15 is 0 Å². The molecule has 1 aromatic carbocycles. The van der Waals surface area contributed by atoms with E-state index in [-0.39, 0.29) is 18.2 Å². The van der Waals surface area contributed by atoms with E-state index < -0.39 is 11.7 Å². The molecule has 2 aromatic heterocycles. The summed E-state index contributed by atoms with van der Waals surface area (Å²) in [7, 11) is 1.58. The number of methoxy groups -OCH3 is 1. The smallest absolute Gasteiger partial charge is 0.417 e. The molecule has 0 aliphatic carbocycles. The second kappa shape index (κ2) is 7.97. The third-order valence-electron chi connectivity index (χ3n) is 5.41. The second-order valence-corrected chi connectivity index (χ2v) is 7.41. The summed E-state index contributed by atoms with van der Waals surface area (Å²) < 4.78 is 45.8. The molecule has 1 atom stereocenters. The molecule has 0 bridgehead atoms. The normalized spacial score (nSPS) is 17.3. The van der Waals surface area contributed by atoms with Crippen molar-refractivity contribution in [2.24, 2.45) is 0 Å². The number of hydrogen-bond donors (Lipinski definition) is 0. The quantitative estimate of drug-likeness (QED) is 0.648. The maximum atomic E-state index is 13.1. The number of benzene rings is 1. The molecule has 4 rings (SSSR count). The molecule has 1 unspecified atom stereocenters. The van der Waals surface area contributed by atoms with Crippen LogP contribution < -0.4 is 4.74 Å². The maximum Gasteiger partial charge on any atom is 0.417 e. The van der Waals surface area contributed by atoms with Crippen molar-refractivity contribution in [1.82, 2.24) is 19.5 Å². The zero-order valence-corrected chi connectivity index (χ0v) is 16.4. The fraction of sp³-hybridized carbons (Fsp3) is 0.381. The van der Waals surface area contributed by atoms with Crippen LogP contribution in [0.15, 0.2) is 42.6 Å². The van der Waals surface area contributed by atoms with E-state index in [2.05, 4.69) is 10.2 Å². The zero-order chi connectivity index (χ0) is 21.3. The number of nitrogens with zero attached hydrogens (tertiary/aromatic N) is 4. The molecule has 6 nitrogen and oxygen atoms in total. The van der Waals surface area contributed by atoms with Crippen LogP contribution in [0.25, 0.3) is 5.65 Å². The summed E-state index contributed by atoms with van der Waals surface area (Å²) >= 11 is 0. The molecule has 3 aromatic rings. The van der Waals surface area contributed by atoms with Gasteiger partial charge in [0.15, 0.2) is 5.65 Å². The number of likely N-dealkylation sites (tertiary alicyclic amines) is 1. The first-order valence-electron chi connectivity index (χ1n) is 9.68. The minimum absolute atomic E-state index is 0.0188. The highest BCUT2D eigenvalue weighted by Gasteiger charge is 2.32. The number of hydrogen-bond acceptors (Lipinski definition) is 4. The van der Waals surface area contributed by atoms with Crippen LogP contribution in [-0.2, 0) is 17.4 Å². The van der Waals surface area contributed by atoms with Crippen molar-refractivity contribution < 1.29 is 22.7 Å². The van der Waals surface area contributed by atoms with Crippen LogP contribution in [0.5, 0.6) is 5.75 Å². The number of carbonyl (C=O) groups excluding carboxylic acids is 1. The number of amides is 1. The van der Waals surface area contributed by atoms with Gasteiger partial charge in [0.05, 0.1) is 19.1 Å². The summed E-state index contributed by atoms with van der Waals surface area (Å²) in [5.41, 5.74) is 0.490. The molecule has 30 heavy (non-hydrogen) atoms. The summed E-state index contributed by atoms with van der Waals surface area (Å²) in [6.45, 7) is 1.03. The van der Waals surface area contributed by atoms with E-state index in [9.17, 15) is 18.0 Å². The number of alkyl halides is 3. The maximum absolute atomic E-state index is 13.1. The van der Waals surface area contributed by atoms with Gasteiger partial charge in [0.25, 0.3) is 0 Å². The Labute approximate surface area is 171 Å². The van der Waals surface area contributed by atoms with Crippen molar-refractivity contribution in [3.05, 3.63) is 59.5 Å². The fourth-order valence-corrected chi connectivity index (χ4v) is 3.80. The van der Waals surface area contributed by atoms with Crippen molar-refractivity contribution >= 4 is 11.6 Å². The Balaban J connectivity index is 1.51. The fourth-order valence-electron chi connectivity index (χ4n) is 3.80. The van der Waals surface area contributed by atoms with Gasteiger partial charge in [-0.2, -0.15) is 13.2 Å². The van der Waals surface area contributed by atoms with Crippen molar-refractivity contribution in [3.8, 4) is 5.75 Å². The van der Waals surface area contributed by atoms with Crippen LogP contribution in [0.2, 0.25) is 0 Å². The van der Waals surface area contributed by atoms with E-state index in [1.54, 1.807) is 12.0 Å². The molecule has 1 fully saturated rings. The summed E-state index contributed by atoms with van der Waals surface area (Å²) in [6.07, 6.45) is -1.66. The average Bonchev–Trinajstić information content (AvgIpc) is 3.17. The Morgan fingerprint density at radius 3 is 2.63 bits per heavy atom. The van der Waals surface area contributed by atoms with Crippen molar-refractivity contribution in [1.29, 1.82) is 0 Å². The average molecular weight is 418 g/mol. The van der Waals surface area contributed by atoms with Crippen molar-refractivity contribution in [3.63, 3.8) is 0 Å². The van der Waals surface area contributed by atoms with Gasteiger partial charge in [-0.1, -0.05) is 12.1 Å². The molecular weight excluding hydrogens is 397 g/mol. The number of pyridine rings is 1. The predicted octanol–water partition coefficient (Wildman–Crippen LogP) is 3.71. The van der Waals surface area contributed by atoms with Crippen LogP contribution in [-0.4, -0.2) is 45.6 Å². The molecule has 0 spiro atoms. The Morgan fingerprint density at radius 2 is 1.93 bits per heavy atom. The van der Waals surface area contributed by atoms with Crippen LogP contribution in [0.4, 0.5) is 13.2 Å². The lowest BCUT2D eigenvalue weighted by Gasteiger charge is -2.32. The van der Waals surface area contributed by atoms with Gasteiger partial charge < -0.3 is 9.64 Å². The number of piperidine rings is 1. The van der Waals surface area contributed by atoms with Gasteiger partial charge in [-0.05, 0) is 42.7 Å². The molecular formula is C21H21F3N4O2. The molecule has 1 amide bonds. The first-order chi connectivity index (χ1) is 14.3. The van der Waals surface area contributed by atoms with Gasteiger partial charge in [-0.3, -0.25) is 9.20 Å². The van der Waals surface area contributed by atoms with Gasteiger partial charge in [-0.15, -0.1) is 10.2 Å². The zero-order valence-electron chi connectivity index (χ0n) is 16.4. The predicted molar refractivity (Wildman–Crippen MR) is 103 cm³/mol. The largest absolute Gasteiger partial charge is 0.497 e. The van der Waals surface area contributed by atoms with E-state index in [0.717, 1.165) is 36.4 Å². The number of fused-ring (bicyclic) bond motifs is 1. The molecule has 9 heteroatoms. The number of carbonyl (C=O) groups is 1. The van der Waals surface area contributed by atoms with Gasteiger partial charge in [0.1, 0.15) is 11.6 Å². The minimum atomic E-state index is -4.44. The Kier molecular flexibility index (Phi) is 5.36.